The highest BCUT2D eigenvalue weighted by Gasteiger charge is 2.17. The van der Waals surface area contributed by atoms with Gasteiger partial charge >= 0.3 is 0 Å². The van der Waals surface area contributed by atoms with Gasteiger partial charge in [-0.15, -0.1) is 0 Å². The third kappa shape index (κ3) is 6.09. The van der Waals surface area contributed by atoms with Crippen molar-refractivity contribution < 1.29 is 0 Å². The van der Waals surface area contributed by atoms with E-state index in [0.717, 1.165) is 45.7 Å². The fourth-order valence-corrected chi connectivity index (χ4v) is 3.74. The average molecular weight is 468 g/mol. The molecule has 2 rings (SSSR count). The molecule has 0 saturated carbocycles. The number of hydrogen-bond acceptors (Lipinski definition) is 3. The quantitative estimate of drug-likeness (QED) is 0.511. The minimum atomic E-state index is 0.782. The summed E-state index contributed by atoms with van der Waals surface area (Å²) in [7, 11) is 23.9. The fourth-order valence-electron chi connectivity index (χ4n) is 3.74. The predicted octanol–water partition coefficient (Wildman–Crippen LogP) is 3.17. The van der Waals surface area contributed by atoms with Gasteiger partial charge < -0.3 is 29.4 Å². The summed E-state index contributed by atoms with van der Waals surface area (Å²) >= 11 is 0. The first-order chi connectivity index (χ1) is 15.8. The standard InChI is InChI=1S/C25H41N9/c1-29(2)23(30(3)4)26-19-15-13-14-18-16-17-20(27-24(31(5)6)32(7)8)22(21(18)19)28-25(33(9)10)34(11)12/h13-17H,1-12H3. The summed E-state index contributed by atoms with van der Waals surface area (Å²) in [6.45, 7) is 0. The van der Waals surface area contributed by atoms with Crippen LogP contribution in [0.15, 0.2) is 45.3 Å². The largest absolute Gasteiger partial charge is 0.349 e. The van der Waals surface area contributed by atoms with Gasteiger partial charge in [-0.25, -0.2) is 15.0 Å². The monoisotopic (exact) mass is 467 g/mol. The molecule has 9 nitrogen and oxygen atoms in total. The number of benzene rings is 2. The summed E-state index contributed by atoms with van der Waals surface area (Å²) in [4.78, 5) is 27.2. The van der Waals surface area contributed by atoms with Crippen LogP contribution in [0.25, 0.3) is 10.8 Å². The number of hydrogen-bond donors (Lipinski definition) is 0. The second-order valence-corrected chi connectivity index (χ2v) is 9.41. The summed E-state index contributed by atoms with van der Waals surface area (Å²) in [5.41, 5.74) is 2.41. The van der Waals surface area contributed by atoms with Gasteiger partial charge in [-0.3, -0.25) is 0 Å². The van der Waals surface area contributed by atoms with Gasteiger partial charge in [0.1, 0.15) is 5.69 Å². The van der Waals surface area contributed by atoms with Crippen LogP contribution in [0.5, 0.6) is 0 Å². The van der Waals surface area contributed by atoms with E-state index in [1.807, 2.05) is 132 Å². The molecule has 0 aliphatic rings. The highest BCUT2D eigenvalue weighted by atomic mass is 15.4. The Morgan fingerprint density at radius 3 is 1.32 bits per heavy atom. The van der Waals surface area contributed by atoms with E-state index in [-0.39, 0.29) is 0 Å². The topological polar surface area (TPSA) is 56.5 Å². The molecule has 0 heterocycles. The summed E-state index contributed by atoms with van der Waals surface area (Å²) in [6.07, 6.45) is 0. The molecule has 2 aromatic rings. The first kappa shape index (κ1) is 26.8. The average Bonchev–Trinajstić information content (AvgIpc) is 2.72. The summed E-state index contributed by atoms with van der Waals surface area (Å²) < 4.78 is 0. The van der Waals surface area contributed by atoms with E-state index in [9.17, 15) is 0 Å². The van der Waals surface area contributed by atoms with E-state index in [0.29, 0.717) is 0 Å². The molecular weight excluding hydrogens is 426 g/mol. The minimum Gasteiger partial charge on any atom is -0.349 e. The maximum atomic E-state index is 5.14. The number of fused-ring (bicyclic) bond motifs is 1. The van der Waals surface area contributed by atoms with Crippen LogP contribution in [0.1, 0.15) is 0 Å². The molecular formula is C25H41N9. The maximum absolute atomic E-state index is 5.14. The van der Waals surface area contributed by atoms with E-state index >= 15 is 0 Å². The van der Waals surface area contributed by atoms with E-state index < -0.39 is 0 Å². The van der Waals surface area contributed by atoms with Crippen LogP contribution in [0.4, 0.5) is 17.1 Å². The SMILES string of the molecule is CN(C)C(=Nc1ccc2cccc(N=C(N(C)C)N(C)C)c2c1N=C(N(C)C)N(C)C)N(C)C. The number of nitrogens with zero attached hydrogens (tertiary/aromatic N) is 9. The first-order valence-corrected chi connectivity index (χ1v) is 11.2. The first-order valence-electron chi connectivity index (χ1n) is 11.2. The Balaban J connectivity index is 3.05. The normalized spacial score (nSPS) is 10.4. The molecule has 186 valence electrons. The highest BCUT2D eigenvalue weighted by molar-refractivity contribution is 6.08. The molecule has 0 spiro atoms. The van der Waals surface area contributed by atoms with Crippen LogP contribution in [0, 0.1) is 0 Å². The Morgan fingerprint density at radius 2 is 0.882 bits per heavy atom. The van der Waals surface area contributed by atoms with Crippen molar-refractivity contribution in [3.8, 4) is 0 Å². The Hall–Kier alpha value is -3.49. The molecule has 0 amide bonds. The van der Waals surface area contributed by atoms with Crippen molar-refractivity contribution >= 4 is 45.7 Å². The van der Waals surface area contributed by atoms with Crippen molar-refractivity contribution in [1.82, 2.24) is 29.4 Å². The van der Waals surface area contributed by atoms with Crippen LogP contribution < -0.4 is 0 Å². The maximum Gasteiger partial charge on any atom is 0.200 e. The zero-order valence-corrected chi connectivity index (χ0v) is 22.9. The van der Waals surface area contributed by atoms with Crippen molar-refractivity contribution in [1.29, 1.82) is 0 Å². The molecule has 0 atom stereocenters. The van der Waals surface area contributed by atoms with Gasteiger partial charge in [-0.2, -0.15) is 0 Å². The zero-order chi connectivity index (χ0) is 25.7. The van der Waals surface area contributed by atoms with Gasteiger partial charge in [0.2, 0.25) is 17.9 Å². The van der Waals surface area contributed by atoms with Gasteiger partial charge in [-0.05, 0) is 17.5 Å². The lowest BCUT2D eigenvalue weighted by atomic mass is 10.1. The van der Waals surface area contributed by atoms with Gasteiger partial charge in [0.25, 0.3) is 0 Å². The number of aliphatic imine (C=N–C) groups is 3. The molecule has 0 bridgehead atoms. The summed E-state index contributed by atoms with van der Waals surface area (Å²) in [6, 6.07) is 10.3. The van der Waals surface area contributed by atoms with Crippen LogP contribution >= 0.6 is 0 Å². The van der Waals surface area contributed by atoms with Crippen molar-refractivity contribution in [3.05, 3.63) is 30.3 Å². The van der Waals surface area contributed by atoms with Crippen molar-refractivity contribution in [2.45, 2.75) is 0 Å². The smallest absolute Gasteiger partial charge is 0.200 e. The van der Waals surface area contributed by atoms with Gasteiger partial charge in [-0.1, -0.05) is 18.2 Å². The van der Waals surface area contributed by atoms with E-state index in [2.05, 4.69) is 12.1 Å². The van der Waals surface area contributed by atoms with E-state index in [1.165, 1.54) is 0 Å². The molecule has 0 unspecified atom stereocenters. The zero-order valence-electron chi connectivity index (χ0n) is 22.9. The molecule has 0 aliphatic heterocycles. The van der Waals surface area contributed by atoms with Crippen molar-refractivity contribution in [2.75, 3.05) is 84.6 Å². The molecule has 2 aromatic carbocycles. The summed E-state index contributed by atoms with van der Waals surface area (Å²) in [5, 5.41) is 2.02. The Labute approximate surface area is 205 Å². The Morgan fingerprint density at radius 1 is 0.471 bits per heavy atom. The molecule has 0 radical (unpaired) electrons. The van der Waals surface area contributed by atoms with Gasteiger partial charge in [0.15, 0.2) is 0 Å². The molecule has 0 aromatic heterocycles. The third-order valence-corrected chi connectivity index (χ3v) is 5.03. The van der Waals surface area contributed by atoms with Crippen molar-refractivity contribution in [3.63, 3.8) is 0 Å². The molecule has 0 N–H and O–H groups in total. The second-order valence-electron chi connectivity index (χ2n) is 9.41. The predicted molar refractivity (Wildman–Crippen MR) is 147 cm³/mol. The lowest BCUT2D eigenvalue weighted by molar-refractivity contribution is 0.483. The summed E-state index contributed by atoms with van der Waals surface area (Å²) in [5.74, 6) is 2.49. The minimum absolute atomic E-state index is 0.782. The Bertz CT molecular complexity index is 1050. The molecule has 0 aliphatic carbocycles. The lowest BCUT2D eigenvalue weighted by Gasteiger charge is -2.25. The van der Waals surface area contributed by atoms with Crippen LogP contribution in [-0.2, 0) is 0 Å². The van der Waals surface area contributed by atoms with Gasteiger partial charge in [0, 0.05) is 90.0 Å². The van der Waals surface area contributed by atoms with E-state index in [4.69, 9.17) is 15.0 Å². The van der Waals surface area contributed by atoms with E-state index in [1.54, 1.807) is 0 Å². The van der Waals surface area contributed by atoms with Gasteiger partial charge in [0.05, 0.1) is 11.4 Å². The second kappa shape index (κ2) is 11.1. The van der Waals surface area contributed by atoms with Crippen LogP contribution in [-0.4, -0.2) is 132 Å². The van der Waals surface area contributed by atoms with Crippen LogP contribution in [0.3, 0.4) is 0 Å². The highest BCUT2D eigenvalue weighted by Crippen LogP contribution is 2.42. The molecule has 9 heteroatoms. The molecule has 0 saturated heterocycles. The number of rotatable bonds is 3. The lowest BCUT2D eigenvalue weighted by Crippen LogP contribution is -2.35. The third-order valence-electron chi connectivity index (χ3n) is 5.03. The van der Waals surface area contributed by atoms with Crippen molar-refractivity contribution in [2.24, 2.45) is 15.0 Å². The molecule has 0 fully saturated rings. The molecule has 34 heavy (non-hydrogen) atoms. The van der Waals surface area contributed by atoms with Crippen LogP contribution in [0.2, 0.25) is 0 Å². The number of guanidine groups is 3. The Kier molecular flexibility index (Phi) is 8.73. The fraction of sp³-hybridized carbons (Fsp3) is 0.480.